The van der Waals surface area contributed by atoms with E-state index in [4.69, 9.17) is 5.84 Å². The van der Waals surface area contributed by atoms with Crippen LogP contribution in [-0.2, 0) is 13.1 Å². The van der Waals surface area contributed by atoms with Crippen LogP contribution in [0.1, 0.15) is 21.5 Å². The van der Waals surface area contributed by atoms with E-state index in [-0.39, 0.29) is 5.91 Å². The zero-order valence-electron chi connectivity index (χ0n) is 11.1. The molecule has 0 fully saturated rings. The third-order valence-corrected chi connectivity index (χ3v) is 4.43. The monoisotopic (exact) mass is 353 g/mol. The van der Waals surface area contributed by atoms with Gasteiger partial charge in [0.05, 0.1) is 3.79 Å². The van der Waals surface area contributed by atoms with E-state index < -0.39 is 0 Å². The number of nitrogen functional groups attached to an aromatic ring is 1. The first-order chi connectivity index (χ1) is 9.58. The Hall–Kier alpha value is -1.21. The number of hydrogen-bond acceptors (Lipinski definition) is 4. The molecule has 2 aromatic rings. The summed E-state index contributed by atoms with van der Waals surface area (Å²) in [5.41, 5.74) is 5.15. The van der Waals surface area contributed by atoms with Gasteiger partial charge in [-0.05, 0) is 57.7 Å². The fourth-order valence-electron chi connectivity index (χ4n) is 1.95. The van der Waals surface area contributed by atoms with Crippen molar-refractivity contribution in [2.45, 2.75) is 13.1 Å². The lowest BCUT2D eigenvalue weighted by molar-refractivity contribution is 0.0953. The van der Waals surface area contributed by atoms with Crippen LogP contribution in [0.3, 0.4) is 0 Å². The third kappa shape index (κ3) is 4.14. The van der Waals surface area contributed by atoms with Crippen LogP contribution in [0.25, 0.3) is 0 Å². The molecular weight excluding hydrogens is 338 g/mol. The molecule has 6 heteroatoms. The van der Waals surface area contributed by atoms with Gasteiger partial charge in [0.25, 0.3) is 5.91 Å². The summed E-state index contributed by atoms with van der Waals surface area (Å²) in [6.07, 6.45) is 0. The molecule has 1 aromatic carbocycles. The number of nitrogens with zero attached hydrogens (tertiary/aromatic N) is 1. The molecule has 4 nitrogen and oxygen atoms in total. The number of hydrazine groups is 1. The maximum absolute atomic E-state index is 11.3. The van der Waals surface area contributed by atoms with Crippen molar-refractivity contribution in [2.24, 2.45) is 5.84 Å². The van der Waals surface area contributed by atoms with E-state index in [0.717, 1.165) is 22.4 Å². The van der Waals surface area contributed by atoms with Crippen molar-refractivity contribution in [2.75, 3.05) is 7.05 Å². The van der Waals surface area contributed by atoms with E-state index in [1.165, 1.54) is 5.56 Å². The number of nitrogens with one attached hydrogen (secondary N) is 1. The maximum Gasteiger partial charge on any atom is 0.265 e. The second-order valence-electron chi connectivity index (χ2n) is 4.60. The highest BCUT2D eigenvalue weighted by atomic mass is 79.9. The summed E-state index contributed by atoms with van der Waals surface area (Å²) in [5.74, 6) is 4.83. The number of nitrogens with two attached hydrogens (primary N) is 1. The lowest BCUT2D eigenvalue weighted by atomic mass is 10.1. The molecule has 0 spiro atoms. The average molecular weight is 354 g/mol. The Bertz CT molecular complexity index is 582. The van der Waals surface area contributed by atoms with Gasteiger partial charge in [0.1, 0.15) is 0 Å². The molecule has 0 radical (unpaired) electrons. The minimum atomic E-state index is -0.270. The van der Waals surface area contributed by atoms with Crippen molar-refractivity contribution < 1.29 is 4.79 Å². The fraction of sp³-hybridized carbons (Fsp3) is 0.214. The summed E-state index contributed by atoms with van der Waals surface area (Å²) in [7, 11) is 2.08. The van der Waals surface area contributed by atoms with E-state index in [9.17, 15) is 4.79 Å². The Morgan fingerprint density at radius 3 is 2.50 bits per heavy atom. The first-order valence-electron chi connectivity index (χ1n) is 6.10. The van der Waals surface area contributed by atoms with E-state index >= 15 is 0 Å². The molecule has 0 aliphatic rings. The number of amides is 1. The van der Waals surface area contributed by atoms with Crippen LogP contribution in [0, 0.1) is 0 Å². The van der Waals surface area contributed by atoms with Gasteiger partial charge in [-0.15, -0.1) is 11.3 Å². The van der Waals surface area contributed by atoms with Crippen molar-refractivity contribution >= 4 is 33.2 Å². The van der Waals surface area contributed by atoms with Crippen molar-refractivity contribution in [1.29, 1.82) is 0 Å². The van der Waals surface area contributed by atoms with Crippen LogP contribution in [0.2, 0.25) is 0 Å². The van der Waals surface area contributed by atoms with Gasteiger partial charge in [-0.3, -0.25) is 15.1 Å². The van der Waals surface area contributed by atoms with Crippen LogP contribution in [0.15, 0.2) is 39.5 Å². The number of benzene rings is 1. The molecular formula is C14H16BrN3OS. The largest absolute Gasteiger partial charge is 0.298 e. The molecule has 20 heavy (non-hydrogen) atoms. The van der Waals surface area contributed by atoms with Gasteiger partial charge < -0.3 is 0 Å². The van der Waals surface area contributed by atoms with Crippen LogP contribution >= 0.6 is 27.3 Å². The Labute approximate surface area is 130 Å². The molecule has 0 saturated carbocycles. The van der Waals surface area contributed by atoms with E-state index in [2.05, 4.69) is 44.7 Å². The van der Waals surface area contributed by atoms with Gasteiger partial charge in [-0.1, -0.05) is 12.1 Å². The molecule has 0 bridgehead atoms. The molecule has 1 amide bonds. The zero-order valence-corrected chi connectivity index (χ0v) is 13.5. The molecule has 3 N–H and O–H groups in total. The first-order valence-corrected chi connectivity index (χ1v) is 7.77. The molecule has 0 aliphatic carbocycles. The second kappa shape index (κ2) is 6.99. The predicted molar refractivity (Wildman–Crippen MR) is 85.3 cm³/mol. The lowest BCUT2D eigenvalue weighted by Crippen LogP contribution is -2.29. The number of rotatable bonds is 5. The molecule has 0 aliphatic heterocycles. The smallest absolute Gasteiger partial charge is 0.265 e. The molecule has 0 unspecified atom stereocenters. The highest BCUT2D eigenvalue weighted by molar-refractivity contribution is 9.11. The molecule has 0 saturated heterocycles. The van der Waals surface area contributed by atoms with Crippen LogP contribution < -0.4 is 11.3 Å². The zero-order chi connectivity index (χ0) is 14.5. The Balaban J connectivity index is 1.94. The summed E-state index contributed by atoms with van der Waals surface area (Å²) in [5, 5.41) is 2.15. The molecule has 2 rings (SSSR count). The van der Waals surface area contributed by atoms with Crippen molar-refractivity contribution in [3.63, 3.8) is 0 Å². The third-order valence-electron chi connectivity index (χ3n) is 2.87. The normalized spacial score (nSPS) is 10.8. The minimum Gasteiger partial charge on any atom is -0.298 e. The topological polar surface area (TPSA) is 58.4 Å². The van der Waals surface area contributed by atoms with Gasteiger partial charge in [-0.2, -0.15) is 0 Å². The summed E-state index contributed by atoms with van der Waals surface area (Å²) in [6.45, 7) is 1.73. The highest BCUT2D eigenvalue weighted by Gasteiger charge is 2.06. The first kappa shape index (κ1) is 15.2. The standard InChI is InChI=1S/C14H16BrN3OS/c1-18(8-11-6-13(15)20-9-11)7-10-2-4-12(5-3-10)14(19)17-16/h2-6,9H,7-8,16H2,1H3,(H,17,19). The summed E-state index contributed by atoms with van der Waals surface area (Å²) in [6, 6.07) is 9.60. The summed E-state index contributed by atoms with van der Waals surface area (Å²) < 4.78 is 1.15. The van der Waals surface area contributed by atoms with E-state index in [1.54, 1.807) is 23.5 Å². The van der Waals surface area contributed by atoms with Crippen LogP contribution in [-0.4, -0.2) is 17.9 Å². The number of thiophene rings is 1. The SMILES string of the molecule is CN(Cc1ccc(C(=O)NN)cc1)Cc1csc(Br)c1. The Kier molecular flexibility index (Phi) is 5.31. The molecule has 106 valence electrons. The quantitative estimate of drug-likeness (QED) is 0.493. The second-order valence-corrected chi connectivity index (χ2v) is 6.89. The van der Waals surface area contributed by atoms with Gasteiger partial charge in [0.2, 0.25) is 0 Å². The number of carbonyl (C=O) groups is 1. The van der Waals surface area contributed by atoms with Gasteiger partial charge >= 0.3 is 0 Å². The number of hydrogen-bond donors (Lipinski definition) is 2. The maximum atomic E-state index is 11.3. The highest BCUT2D eigenvalue weighted by Crippen LogP contribution is 2.21. The average Bonchev–Trinajstić information content (AvgIpc) is 2.84. The van der Waals surface area contributed by atoms with Gasteiger partial charge in [0.15, 0.2) is 0 Å². The number of halogens is 1. The van der Waals surface area contributed by atoms with E-state index in [0.29, 0.717) is 5.56 Å². The fourth-order valence-corrected chi connectivity index (χ4v) is 3.15. The Morgan fingerprint density at radius 1 is 1.30 bits per heavy atom. The predicted octanol–water partition coefficient (Wildman–Crippen LogP) is 2.75. The van der Waals surface area contributed by atoms with Gasteiger partial charge in [-0.25, -0.2) is 5.84 Å². The van der Waals surface area contributed by atoms with Crippen molar-refractivity contribution in [3.05, 3.63) is 56.2 Å². The molecule has 0 atom stereocenters. The summed E-state index contributed by atoms with van der Waals surface area (Å²) in [4.78, 5) is 13.6. The van der Waals surface area contributed by atoms with Crippen LogP contribution in [0.5, 0.6) is 0 Å². The van der Waals surface area contributed by atoms with Crippen molar-refractivity contribution in [1.82, 2.24) is 10.3 Å². The number of carbonyl (C=O) groups excluding carboxylic acids is 1. The van der Waals surface area contributed by atoms with Gasteiger partial charge in [0, 0.05) is 18.7 Å². The Morgan fingerprint density at radius 2 is 1.95 bits per heavy atom. The van der Waals surface area contributed by atoms with Crippen molar-refractivity contribution in [3.8, 4) is 0 Å². The minimum absolute atomic E-state index is 0.270. The molecule has 1 aromatic heterocycles. The molecule has 1 heterocycles. The van der Waals surface area contributed by atoms with Crippen LogP contribution in [0.4, 0.5) is 0 Å². The summed E-state index contributed by atoms with van der Waals surface area (Å²) >= 11 is 5.16. The lowest BCUT2D eigenvalue weighted by Gasteiger charge is -2.16. The van der Waals surface area contributed by atoms with E-state index in [1.807, 2.05) is 12.1 Å².